The van der Waals surface area contributed by atoms with Gasteiger partial charge in [-0.15, -0.1) is 22.7 Å². The number of rotatable bonds is 1. The molecule has 0 unspecified atom stereocenters. The van der Waals surface area contributed by atoms with Gasteiger partial charge in [-0.2, -0.15) is 5.26 Å². The van der Waals surface area contributed by atoms with Crippen LogP contribution in [-0.4, -0.2) is 0 Å². The summed E-state index contributed by atoms with van der Waals surface area (Å²) < 4.78 is 0. The zero-order chi connectivity index (χ0) is 8.39. The molecule has 3 heteroatoms. The molecular weight excluding hydrogens is 186 g/mol. The molecule has 2 heterocycles. The van der Waals surface area contributed by atoms with Crippen molar-refractivity contribution in [3.8, 4) is 16.5 Å². The maximum absolute atomic E-state index is 8.77. The van der Waals surface area contributed by atoms with Crippen molar-refractivity contribution in [2.75, 3.05) is 0 Å². The lowest BCUT2D eigenvalue weighted by molar-refractivity contribution is 1.52. The molecule has 2 aromatic heterocycles. The van der Waals surface area contributed by atoms with Crippen LogP contribution in [0.4, 0.5) is 0 Å². The second-order valence-corrected chi connectivity index (χ2v) is 4.12. The number of hydrogen-bond donors (Lipinski definition) is 0. The van der Waals surface area contributed by atoms with Crippen LogP contribution in [0.15, 0.2) is 29.0 Å². The first kappa shape index (κ1) is 7.53. The van der Waals surface area contributed by atoms with Crippen molar-refractivity contribution in [1.29, 1.82) is 5.26 Å². The predicted molar refractivity (Wildman–Crippen MR) is 52.3 cm³/mol. The molecular formula is C9H5NS2. The second kappa shape index (κ2) is 3.10. The van der Waals surface area contributed by atoms with Gasteiger partial charge in [-0.05, 0) is 22.9 Å². The molecule has 0 bridgehead atoms. The highest BCUT2D eigenvalue weighted by Crippen LogP contribution is 2.30. The van der Waals surface area contributed by atoms with Gasteiger partial charge in [0.15, 0.2) is 0 Å². The van der Waals surface area contributed by atoms with E-state index in [9.17, 15) is 0 Å². The number of nitrogens with zero attached hydrogens (tertiary/aromatic N) is 1. The highest BCUT2D eigenvalue weighted by Gasteiger charge is 2.05. The van der Waals surface area contributed by atoms with Gasteiger partial charge in [0.1, 0.15) is 10.9 Å². The van der Waals surface area contributed by atoms with E-state index in [0.29, 0.717) is 0 Å². The quantitative estimate of drug-likeness (QED) is 0.678. The molecule has 0 aromatic carbocycles. The Kier molecular flexibility index (Phi) is 1.94. The van der Waals surface area contributed by atoms with Crippen LogP contribution < -0.4 is 0 Å². The standard InChI is InChI=1S/C9H5NS2/c10-6-9-7(3-5-12-9)8-2-1-4-11-8/h1-5H. The van der Waals surface area contributed by atoms with Gasteiger partial charge in [0.05, 0.1) is 0 Å². The molecule has 2 aromatic rings. The summed E-state index contributed by atoms with van der Waals surface area (Å²) in [6, 6.07) is 8.22. The van der Waals surface area contributed by atoms with Gasteiger partial charge in [-0.1, -0.05) is 6.07 Å². The van der Waals surface area contributed by atoms with Crippen LogP contribution in [0.2, 0.25) is 0 Å². The molecule has 0 aliphatic rings. The largest absolute Gasteiger partial charge is 0.192 e. The summed E-state index contributed by atoms with van der Waals surface area (Å²) in [5.74, 6) is 0. The third-order valence-electron chi connectivity index (χ3n) is 1.55. The van der Waals surface area contributed by atoms with Crippen molar-refractivity contribution in [2.24, 2.45) is 0 Å². The third-order valence-corrected chi connectivity index (χ3v) is 3.28. The zero-order valence-corrected chi connectivity index (χ0v) is 7.78. The van der Waals surface area contributed by atoms with E-state index in [1.54, 1.807) is 11.3 Å². The second-order valence-electron chi connectivity index (χ2n) is 2.25. The summed E-state index contributed by atoms with van der Waals surface area (Å²) in [4.78, 5) is 1.98. The van der Waals surface area contributed by atoms with Crippen LogP contribution in [0.1, 0.15) is 4.88 Å². The lowest BCUT2D eigenvalue weighted by Gasteiger charge is -1.89. The molecule has 2 rings (SSSR count). The lowest BCUT2D eigenvalue weighted by atomic mass is 10.2. The fourth-order valence-corrected chi connectivity index (χ4v) is 2.54. The molecule has 0 radical (unpaired) electrons. The van der Waals surface area contributed by atoms with E-state index in [0.717, 1.165) is 10.4 Å². The van der Waals surface area contributed by atoms with E-state index >= 15 is 0 Å². The maximum Gasteiger partial charge on any atom is 0.113 e. The van der Waals surface area contributed by atoms with Gasteiger partial charge in [-0.25, -0.2) is 0 Å². The summed E-state index contributed by atoms with van der Waals surface area (Å²) in [5, 5.41) is 12.7. The average Bonchev–Trinajstić information content (AvgIpc) is 2.74. The van der Waals surface area contributed by atoms with Crippen molar-refractivity contribution in [3.05, 3.63) is 33.8 Å². The first-order chi connectivity index (χ1) is 5.92. The van der Waals surface area contributed by atoms with Gasteiger partial charge in [0.25, 0.3) is 0 Å². The topological polar surface area (TPSA) is 23.8 Å². The molecule has 58 valence electrons. The van der Waals surface area contributed by atoms with E-state index in [4.69, 9.17) is 5.26 Å². The highest BCUT2D eigenvalue weighted by molar-refractivity contribution is 7.15. The molecule has 0 aliphatic carbocycles. The Balaban J connectivity index is 2.55. The summed E-state index contributed by atoms with van der Waals surface area (Å²) in [6.45, 7) is 0. The van der Waals surface area contributed by atoms with Crippen LogP contribution in [0.5, 0.6) is 0 Å². The van der Waals surface area contributed by atoms with Crippen molar-refractivity contribution in [2.45, 2.75) is 0 Å². The normalized spacial score (nSPS) is 9.58. The van der Waals surface area contributed by atoms with E-state index in [-0.39, 0.29) is 0 Å². The fraction of sp³-hybridized carbons (Fsp3) is 0. The van der Waals surface area contributed by atoms with E-state index < -0.39 is 0 Å². The van der Waals surface area contributed by atoms with Crippen LogP contribution in [0.3, 0.4) is 0 Å². The molecule has 0 saturated carbocycles. The van der Waals surface area contributed by atoms with Crippen LogP contribution in [0, 0.1) is 11.3 Å². The summed E-state index contributed by atoms with van der Waals surface area (Å²) >= 11 is 3.16. The highest BCUT2D eigenvalue weighted by atomic mass is 32.1. The fourth-order valence-electron chi connectivity index (χ4n) is 1.02. The van der Waals surface area contributed by atoms with Crippen molar-refractivity contribution in [3.63, 3.8) is 0 Å². The smallest absolute Gasteiger partial charge is 0.113 e. The Morgan fingerprint density at radius 3 is 2.75 bits per heavy atom. The third kappa shape index (κ3) is 1.15. The number of nitriles is 1. The molecule has 0 N–H and O–H groups in total. The minimum absolute atomic E-state index is 0.803. The Morgan fingerprint density at radius 2 is 2.08 bits per heavy atom. The minimum atomic E-state index is 0.803. The van der Waals surface area contributed by atoms with Crippen molar-refractivity contribution < 1.29 is 0 Å². The first-order valence-corrected chi connectivity index (χ1v) is 5.19. The monoisotopic (exact) mass is 191 g/mol. The molecule has 0 fully saturated rings. The lowest BCUT2D eigenvalue weighted by Crippen LogP contribution is -1.69. The Hall–Kier alpha value is -1.11. The van der Waals surface area contributed by atoms with Gasteiger partial charge in [-0.3, -0.25) is 0 Å². The van der Waals surface area contributed by atoms with Crippen molar-refractivity contribution in [1.82, 2.24) is 0 Å². The summed E-state index contributed by atoms with van der Waals surface area (Å²) in [7, 11) is 0. The van der Waals surface area contributed by atoms with Crippen LogP contribution in [-0.2, 0) is 0 Å². The average molecular weight is 191 g/mol. The molecule has 0 saturated heterocycles. The maximum atomic E-state index is 8.77. The SMILES string of the molecule is N#Cc1sccc1-c1cccs1. The zero-order valence-electron chi connectivity index (χ0n) is 6.15. The first-order valence-electron chi connectivity index (χ1n) is 3.43. The Bertz CT molecular complexity index is 406. The van der Waals surface area contributed by atoms with Crippen LogP contribution >= 0.6 is 22.7 Å². The number of hydrogen-bond acceptors (Lipinski definition) is 3. The molecule has 12 heavy (non-hydrogen) atoms. The molecule has 0 amide bonds. The minimum Gasteiger partial charge on any atom is -0.192 e. The Labute approximate surface area is 78.5 Å². The van der Waals surface area contributed by atoms with Gasteiger partial charge >= 0.3 is 0 Å². The number of thiophene rings is 2. The molecule has 1 nitrogen and oxygen atoms in total. The molecule has 0 atom stereocenters. The van der Waals surface area contributed by atoms with Gasteiger partial charge in [0.2, 0.25) is 0 Å². The van der Waals surface area contributed by atoms with E-state index in [1.807, 2.05) is 29.0 Å². The van der Waals surface area contributed by atoms with E-state index in [1.165, 1.54) is 16.2 Å². The summed E-state index contributed by atoms with van der Waals surface area (Å²) in [5.41, 5.74) is 1.07. The summed E-state index contributed by atoms with van der Waals surface area (Å²) in [6.07, 6.45) is 0. The van der Waals surface area contributed by atoms with Crippen LogP contribution in [0.25, 0.3) is 10.4 Å². The predicted octanol–water partition coefficient (Wildman–Crippen LogP) is 3.35. The van der Waals surface area contributed by atoms with Gasteiger partial charge in [0, 0.05) is 10.4 Å². The van der Waals surface area contributed by atoms with Gasteiger partial charge < -0.3 is 0 Å². The van der Waals surface area contributed by atoms with Crippen molar-refractivity contribution >= 4 is 22.7 Å². The Morgan fingerprint density at radius 1 is 1.17 bits per heavy atom. The van der Waals surface area contributed by atoms with E-state index in [2.05, 4.69) is 6.07 Å². The molecule has 0 aliphatic heterocycles. The molecule has 0 spiro atoms.